The summed E-state index contributed by atoms with van der Waals surface area (Å²) in [6.07, 6.45) is 3.19. The highest BCUT2D eigenvalue weighted by Gasteiger charge is 2.68. The minimum atomic E-state index is -1.44. The first-order chi connectivity index (χ1) is 13.3. The van der Waals surface area contributed by atoms with E-state index in [4.69, 9.17) is 5.73 Å². The maximum atomic E-state index is 13.5. The zero-order valence-corrected chi connectivity index (χ0v) is 15.6. The Morgan fingerprint density at radius 3 is 2.68 bits per heavy atom. The molecule has 0 aromatic heterocycles. The maximum absolute atomic E-state index is 13.5. The molecular formula is C21H24N2O5. The Bertz CT molecular complexity index is 924. The molecule has 1 saturated heterocycles. The van der Waals surface area contributed by atoms with E-state index in [1.807, 2.05) is 0 Å². The molecule has 1 aromatic rings. The SMILES string of the molecule is NC(=O)c1ccc2c(c1O)[C@]13CCN(CC4CC4)[C@H](C2=O)[C@]1(O)CCC(=O)C3. The molecule has 1 aromatic carbocycles. The number of phenols is 1. The smallest absolute Gasteiger partial charge is 0.252 e. The number of aromatic hydroxyl groups is 1. The van der Waals surface area contributed by atoms with Gasteiger partial charge in [-0.1, -0.05) is 0 Å². The molecular weight excluding hydrogens is 360 g/mol. The van der Waals surface area contributed by atoms with Crippen molar-refractivity contribution >= 4 is 17.5 Å². The van der Waals surface area contributed by atoms with Crippen LogP contribution in [-0.4, -0.2) is 57.3 Å². The fraction of sp³-hybridized carbons (Fsp3) is 0.571. The summed E-state index contributed by atoms with van der Waals surface area (Å²) in [6, 6.07) is 2.16. The second kappa shape index (κ2) is 5.64. The number of Topliss-reactive ketones (excluding diaryl/α,β-unsaturated/α-hetero) is 2. The third-order valence-electron chi connectivity index (χ3n) is 7.38. The zero-order valence-electron chi connectivity index (χ0n) is 15.6. The number of rotatable bonds is 3. The van der Waals surface area contributed by atoms with Crippen molar-refractivity contribution in [2.75, 3.05) is 13.1 Å². The van der Waals surface area contributed by atoms with Crippen molar-refractivity contribution in [2.45, 2.75) is 55.6 Å². The fourth-order valence-corrected chi connectivity index (χ4v) is 5.88. The maximum Gasteiger partial charge on any atom is 0.252 e. The number of amides is 1. The number of fused-ring (bicyclic) bond motifs is 1. The van der Waals surface area contributed by atoms with Crippen LogP contribution in [0.15, 0.2) is 12.1 Å². The summed E-state index contributed by atoms with van der Waals surface area (Å²) in [4.78, 5) is 39.8. The predicted octanol–water partition coefficient (Wildman–Crippen LogP) is 0.894. The van der Waals surface area contributed by atoms with E-state index >= 15 is 0 Å². The van der Waals surface area contributed by atoms with Crippen molar-refractivity contribution in [2.24, 2.45) is 11.7 Å². The van der Waals surface area contributed by atoms with Gasteiger partial charge in [-0.2, -0.15) is 0 Å². The number of nitrogens with zero attached hydrogens (tertiary/aromatic N) is 1. The number of aliphatic hydroxyl groups is 1. The van der Waals surface area contributed by atoms with Crippen molar-refractivity contribution in [1.82, 2.24) is 4.90 Å². The van der Waals surface area contributed by atoms with Crippen LogP contribution in [0.25, 0.3) is 0 Å². The third kappa shape index (κ3) is 2.14. The largest absolute Gasteiger partial charge is 0.507 e. The molecule has 4 N–H and O–H groups in total. The number of nitrogens with two attached hydrogens (primary N) is 1. The van der Waals surface area contributed by atoms with Crippen LogP contribution in [0.3, 0.4) is 0 Å². The monoisotopic (exact) mass is 384 g/mol. The molecule has 3 aliphatic carbocycles. The van der Waals surface area contributed by atoms with Crippen molar-refractivity contribution in [3.63, 3.8) is 0 Å². The van der Waals surface area contributed by atoms with Crippen molar-refractivity contribution in [3.8, 4) is 5.75 Å². The van der Waals surface area contributed by atoms with Gasteiger partial charge in [-0.15, -0.1) is 0 Å². The van der Waals surface area contributed by atoms with Gasteiger partial charge in [0.25, 0.3) is 5.91 Å². The quantitative estimate of drug-likeness (QED) is 0.712. The number of likely N-dealkylation sites (tertiary alicyclic amines) is 1. The molecule has 2 bridgehead atoms. The van der Waals surface area contributed by atoms with Crippen LogP contribution in [0.1, 0.15) is 64.8 Å². The van der Waals surface area contributed by atoms with E-state index in [0.29, 0.717) is 24.4 Å². The van der Waals surface area contributed by atoms with Gasteiger partial charge in [0, 0.05) is 35.9 Å². The molecule has 0 unspecified atom stereocenters. The van der Waals surface area contributed by atoms with E-state index in [1.165, 1.54) is 12.1 Å². The van der Waals surface area contributed by atoms with Crippen LogP contribution < -0.4 is 5.73 Å². The molecule has 4 aliphatic rings. The van der Waals surface area contributed by atoms with Gasteiger partial charge in [-0.3, -0.25) is 19.3 Å². The molecule has 28 heavy (non-hydrogen) atoms. The van der Waals surface area contributed by atoms with Gasteiger partial charge in [0.05, 0.1) is 11.2 Å². The van der Waals surface area contributed by atoms with Gasteiger partial charge in [-0.25, -0.2) is 0 Å². The van der Waals surface area contributed by atoms with Gasteiger partial charge in [0.15, 0.2) is 5.78 Å². The molecule has 1 aliphatic heterocycles. The zero-order chi connectivity index (χ0) is 19.8. The van der Waals surface area contributed by atoms with E-state index in [9.17, 15) is 24.6 Å². The molecule has 3 fully saturated rings. The number of carbonyl (C=O) groups excluding carboxylic acids is 3. The molecule has 3 atom stereocenters. The summed E-state index contributed by atoms with van der Waals surface area (Å²) in [7, 11) is 0. The molecule has 1 heterocycles. The first-order valence-electron chi connectivity index (χ1n) is 9.97. The van der Waals surface area contributed by atoms with Gasteiger partial charge in [0.2, 0.25) is 0 Å². The van der Waals surface area contributed by atoms with Gasteiger partial charge < -0.3 is 15.9 Å². The molecule has 5 rings (SSSR count). The van der Waals surface area contributed by atoms with Crippen molar-refractivity contribution in [1.29, 1.82) is 0 Å². The second-order valence-electron chi connectivity index (χ2n) is 8.93. The van der Waals surface area contributed by atoms with Crippen molar-refractivity contribution in [3.05, 3.63) is 28.8 Å². The number of primary amides is 1. The topological polar surface area (TPSA) is 121 Å². The Balaban J connectivity index is 1.75. The third-order valence-corrected chi connectivity index (χ3v) is 7.38. The molecule has 7 heteroatoms. The van der Waals surface area contributed by atoms with E-state index in [2.05, 4.69) is 4.90 Å². The van der Waals surface area contributed by atoms with E-state index in [1.54, 1.807) is 0 Å². The normalized spacial score (nSPS) is 34.7. The molecule has 0 radical (unpaired) electrons. The Morgan fingerprint density at radius 1 is 1.25 bits per heavy atom. The lowest BCUT2D eigenvalue weighted by Crippen LogP contribution is -2.75. The van der Waals surface area contributed by atoms with Crippen LogP contribution in [0.4, 0.5) is 0 Å². The van der Waals surface area contributed by atoms with Crippen LogP contribution in [0, 0.1) is 5.92 Å². The first-order valence-corrected chi connectivity index (χ1v) is 9.97. The summed E-state index contributed by atoms with van der Waals surface area (Å²) in [5, 5.41) is 22.8. The highest BCUT2D eigenvalue weighted by Crippen LogP contribution is 2.60. The van der Waals surface area contributed by atoms with Crippen molar-refractivity contribution < 1.29 is 24.6 Å². The van der Waals surface area contributed by atoms with Gasteiger partial charge in [0.1, 0.15) is 17.6 Å². The van der Waals surface area contributed by atoms with Crippen LogP contribution in [-0.2, 0) is 10.2 Å². The molecule has 0 spiro atoms. The lowest BCUT2D eigenvalue weighted by molar-refractivity contribution is -0.162. The molecule has 7 nitrogen and oxygen atoms in total. The van der Waals surface area contributed by atoms with Crippen LogP contribution in [0.5, 0.6) is 5.75 Å². The number of carbonyl (C=O) groups is 3. The molecule has 148 valence electrons. The minimum absolute atomic E-state index is 0.00300. The Labute approximate surface area is 162 Å². The average molecular weight is 384 g/mol. The lowest BCUT2D eigenvalue weighted by atomic mass is 9.48. The minimum Gasteiger partial charge on any atom is -0.507 e. The van der Waals surface area contributed by atoms with Crippen LogP contribution >= 0.6 is 0 Å². The number of piperidine rings is 1. The summed E-state index contributed by atoms with van der Waals surface area (Å²) in [6.45, 7) is 1.34. The van der Waals surface area contributed by atoms with E-state index in [0.717, 1.165) is 19.4 Å². The fourth-order valence-electron chi connectivity index (χ4n) is 5.88. The molecule has 2 saturated carbocycles. The predicted molar refractivity (Wildman–Crippen MR) is 99.1 cm³/mol. The summed E-state index contributed by atoms with van der Waals surface area (Å²) in [5.74, 6) is -0.845. The summed E-state index contributed by atoms with van der Waals surface area (Å²) in [5.41, 5.74) is 3.35. The number of hydrogen-bond acceptors (Lipinski definition) is 6. The standard InChI is InChI=1S/C21H24N2O5/c22-19(27)14-4-3-13-15(16(14)25)20-7-8-23(10-11-1-2-11)18(17(13)26)21(20,28)6-5-12(24)9-20/h3-4,11,18,25,28H,1-2,5-10H2,(H2,22,27)/t18-,20-,21-/m1/s1. The number of ketones is 2. The van der Waals surface area contributed by atoms with Crippen LogP contribution in [0.2, 0.25) is 0 Å². The lowest BCUT2D eigenvalue weighted by Gasteiger charge is -2.62. The van der Waals surface area contributed by atoms with E-state index < -0.39 is 23.0 Å². The van der Waals surface area contributed by atoms with Gasteiger partial charge >= 0.3 is 0 Å². The van der Waals surface area contributed by atoms with Gasteiger partial charge in [-0.05, 0) is 50.3 Å². The Morgan fingerprint density at radius 2 is 2.00 bits per heavy atom. The highest BCUT2D eigenvalue weighted by molar-refractivity contribution is 6.08. The second-order valence-corrected chi connectivity index (χ2v) is 8.93. The van der Waals surface area contributed by atoms with E-state index in [-0.39, 0.29) is 47.7 Å². The highest BCUT2D eigenvalue weighted by atomic mass is 16.3. The average Bonchev–Trinajstić information content (AvgIpc) is 3.44. The first kappa shape index (κ1) is 17.8. The summed E-state index contributed by atoms with van der Waals surface area (Å²) < 4.78 is 0. The number of hydrogen-bond donors (Lipinski definition) is 3. The number of benzene rings is 1. The summed E-state index contributed by atoms with van der Waals surface area (Å²) >= 11 is 0. The Hall–Kier alpha value is -2.25. The molecule has 1 amide bonds. The Kier molecular flexibility index (Phi) is 3.59.